The Kier molecular flexibility index (Phi) is 5.27. The summed E-state index contributed by atoms with van der Waals surface area (Å²) in [5, 5.41) is 9.66. The van der Waals surface area contributed by atoms with Crippen molar-refractivity contribution in [2.45, 2.75) is 37.8 Å². The van der Waals surface area contributed by atoms with E-state index in [1.54, 1.807) is 13.0 Å². The summed E-state index contributed by atoms with van der Waals surface area (Å²) in [6.45, 7) is 4.52. The SMILES string of the molecule is CCC1COCCN1S(=O)(=O)c1cc(Cl)cc(CO)c1C. The second-order valence-corrected chi connectivity index (χ2v) is 7.39. The highest BCUT2D eigenvalue weighted by molar-refractivity contribution is 7.89. The fraction of sp³-hybridized carbons (Fsp3) is 0.571. The topological polar surface area (TPSA) is 66.8 Å². The summed E-state index contributed by atoms with van der Waals surface area (Å²) in [6, 6.07) is 2.87. The van der Waals surface area contributed by atoms with Gasteiger partial charge in [0.1, 0.15) is 0 Å². The van der Waals surface area contributed by atoms with Gasteiger partial charge in [-0.3, -0.25) is 0 Å². The maximum absolute atomic E-state index is 12.9. The molecule has 1 aliphatic rings. The Bertz CT molecular complexity index is 618. The van der Waals surface area contributed by atoms with Crippen LogP contribution in [0.3, 0.4) is 0 Å². The number of aliphatic hydroxyl groups is 1. The van der Waals surface area contributed by atoms with E-state index in [1.165, 1.54) is 10.4 Å². The van der Waals surface area contributed by atoms with E-state index in [0.717, 1.165) is 0 Å². The first-order valence-electron chi connectivity index (χ1n) is 6.91. The molecular weight excluding hydrogens is 314 g/mol. The van der Waals surface area contributed by atoms with Crippen molar-refractivity contribution in [3.63, 3.8) is 0 Å². The smallest absolute Gasteiger partial charge is 0.243 e. The predicted molar refractivity (Wildman–Crippen MR) is 80.9 cm³/mol. The number of benzene rings is 1. The molecule has 5 nitrogen and oxygen atoms in total. The highest BCUT2D eigenvalue weighted by Crippen LogP contribution is 2.29. The molecule has 1 aromatic carbocycles. The number of aliphatic hydroxyl groups excluding tert-OH is 1. The summed E-state index contributed by atoms with van der Waals surface area (Å²) in [4.78, 5) is 0.166. The van der Waals surface area contributed by atoms with E-state index in [1.807, 2.05) is 6.92 Å². The molecule has 21 heavy (non-hydrogen) atoms. The average Bonchev–Trinajstić information content (AvgIpc) is 2.48. The number of halogens is 1. The molecule has 0 aliphatic carbocycles. The number of hydrogen-bond acceptors (Lipinski definition) is 4. The molecule has 2 rings (SSSR count). The van der Waals surface area contributed by atoms with Gasteiger partial charge in [-0.25, -0.2) is 8.42 Å². The lowest BCUT2D eigenvalue weighted by Crippen LogP contribution is -2.48. The molecule has 0 radical (unpaired) electrons. The largest absolute Gasteiger partial charge is 0.392 e. The molecule has 118 valence electrons. The third kappa shape index (κ3) is 3.24. The van der Waals surface area contributed by atoms with Gasteiger partial charge >= 0.3 is 0 Å². The van der Waals surface area contributed by atoms with Crippen LogP contribution in [-0.4, -0.2) is 43.6 Å². The summed E-state index contributed by atoms with van der Waals surface area (Å²) in [5.74, 6) is 0. The molecule has 1 N–H and O–H groups in total. The van der Waals surface area contributed by atoms with Gasteiger partial charge in [-0.05, 0) is 36.6 Å². The molecule has 0 bridgehead atoms. The number of nitrogens with zero attached hydrogens (tertiary/aromatic N) is 1. The van der Waals surface area contributed by atoms with Gasteiger partial charge in [0, 0.05) is 17.6 Å². The summed E-state index contributed by atoms with van der Waals surface area (Å²) in [6.07, 6.45) is 0.686. The fourth-order valence-corrected chi connectivity index (χ4v) is 4.81. The van der Waals surface area contributed by atoms with Gasteiger partial charge in [-0.15, -0.1) is 0 Å². The van der Waals surface area contributed by atoms with Crippen molar-refractivity contribution in [3.8, 4) is 0 Å². The third-order valence-corrected chi connectivity index (χ3v) is 6.13. The first kappa shape index (κ1) is 16.7. The van der Waals surface area contributed by atoms with Crippen LogP contribution in [0.2, 0.25) is 5.02 Å². The van der Waals surface area contributed by atoms with Crippen LogP contribution < -0.4 is 0 Å². The molecule has 1 heterocycles. The zero-order valence-electron chi connectivity index (χ0n) is 12.2. The van der Waals surface area contributed by atoms with Gasteiger partial charge in [0.15, 0.2) is 0 Å². The second kappa shape index (κ2) is 6.62. The van der Waals surface area contributed by atoms with Crippen LogP contribution in [0.4, 0.5) is 0 Å². The Morgan fingerprint density at radius 2 is 2.19 bits per heavy atom. The monoisotopic (exact) mass is 333 g/mol. The highest BCUT2D eigenvalue weighted by Gasteiger charge is 2.34. The zero-order chi connectivity index (χ0) is 15.6. The lowest BCUT2D eigenvalue weighted by atomic mass is 10.1. The molecule has 0 spiro atoms. The fourth-order valence-electron chi connectivity index (χ4n) is 2.54. The highest BCUT2D eigenvalue weighted by atomic mass is 35.5. The van der Waals surface area contributed by atoms with Crippen LogP contribution in [0.5, 0.6) is 0 Å². The van der Waals surface area contributed by atoms with Crippen molar-refractivity contribution in [2.75, 3.05) is 19.8 Å². The molecule has 7 heteroatoms. The van der Waals surface area contributed by atoms with E-state index in [4.69, 9.17) is 16.3 Å². The van der Waals surface area contributed by atoms with Gasteiger partial charge < -0.3 is 9.84 Å². The van der Waals surface area contributed by atoms with Crippen molar-refractivity contribution in [1.29, 1.82) is 0 Å². The number of morpholine rings is 1. The van der Waals surface area contributed by atoms with Crippen LogP contribution in [0.25, 0.3) is 0 Å². The number of ether oxygens (including phenoxy) is 1. The quantitative estimate of drug-likeness (QED) is 0.914. The van der Waals surface area contributed by atoms with Crippen molar-refractivity contribution in [3.05, 3.63) is 28.3 Å². The maximum atomic E-state index is 12.9. The molecule has 0 aromatic heterocycles. The summed E-state index contributed by atoms with van der Waals surface area (Å²) in [7, 11) is -3.65. The molecule has 1 saturated heterocycles. The second-order valence-electron chi connectivity index (χ2n) is 5.10. The van der Waals surface area contributed by atoms with Gasteiger partial charge in [-0.1, -0.05) is 18.5 Å². The Morgan fingerprint density at radius 3 is 2.81 bits per heavy atom. The van der Waals surface area contributed by atoms with E-state index in [0.29, 0.717) is 42.3 Å². The first-order chi connectivity index (χ1) is 9.91. The van der Waals surface area contributed by atoms with E-state index in [9.17, 15) is 13.5 Å². The first-order valence-corrected chi connectivity index (χ1v) is 8.73. The Morgan fingerprint density at radius 1 is 1.48 bits per heavy atom. The standard InChI is InChI=1S/C14H20ClNO4S/c1-3-13-9-20-5-4-16(13)21(18,19)14-7-12(15)6-11(8-17)10(14)2/h6-7,13,17H,3-5,8-9H2,1-2H3. The molecule has 1 unspecified atom stereocenters. The maximum Gasteiger partial charge on any atom is 0.243 e. The average molecular weight is 334 g/mol. The lowest BCUT2D eigenvalue weighted by Gasteiger charge is -2.34. The normalized spacial score (nSPS) is 20.7. The predicted octanol–water partition coefficient (Wildman–Crippen LogP) is 1.94. The number of sulfonamides is 1. The summed E-state index contributed by atoms with van der Waals surface area (Å²) < 4.78 is 32.7. The summed E-state index contributed by atoms with van der Waals surface area (Å²) in [5.41, 5.74) is 1.07. The van der Waals surface area contributed by atoms with Crippen LogP contribution in [0.1, 0.15) is 24.5 Å². The van der Waals surface area contributed by atoms with Gasteiger partial charge in [0.25, 0.3) is 0 Å². The lowest BCUT2D eigenvalue weighted by molar-refractivity contribution is 0.0314. The van der Waals surface area contributed by atoms with Crippen molar-refractivity contribution >= 4 is 21.6 Å². The zero-order valence-corrected chi connectivity index (χ0v) is 13.7. The molecule has 1 atom stereocenters. The minimum atomic E-state index is -3.65. The van der Waals surface area contributed by atoms with E-state index < -0.39 is 10.0 Å². The van der Waals surface area contributed by atoms with Gasteiger partial charge in [0.2, 0.25) is 10.0 Å². The molecule has 1 aromatic rings. The Labute approximate surface area is 130 Å². The summed E-state index contributed by atoms with van der Waals surface area (Å²) >= 11 is 6.00. The van der Waals surface area contributed by atoms with Crippen LogP contribution in [-0.2, 0) is 21.4 Å². The van der Waals surface area contributed by atoms with Crippen molar-refractivity contribution < 1.29 is 18.3 Å². The minimum Gasteiger partial charge on any atom is -0.392 e. The van der Waals surface area contributed by atoms with Crippen LogP contribution >= 0.6 is 11.6 Å². The number of hydrogen-bond donors (Lipinski definition) is 1. The minimum absolute atomic E-state index is 0.166. The van der Waals surface area contributed by atoms with E-state index in [-0.39, 0.29) is 17.5 Å². The molecule has 0 amide bonds. The van der Waals surface area contributed by atoms with E-state index in [2.05, 4.69) is 0 Å². The molecule has 1 fully saturated rings. The Hall–Kier alpha value is -0.660. The van der Waals surface area contributed by atoms with Crippen LogP contribution in [0.15, 0.2) is 17.0 Å². The van der Waals surface area contributed by atoms with Crippen molar-refractivity contribution in [1.82, 2.24) is 4.31 Å². The molecule has 1 aliphatic heterocycles. The number of rotatable bonds is 4. The molecular formula is C14H20ClNO4S. The van der Waals surface area contributed by atoms with Gasteiger partial charge in [0.05, 0.1) is 24.7 Å². The van der Waals surface area contributed by atoms with Gasteiger partial charge in [-0.2, -0.15) is 4.31 Å². The van der Waals surface area contributed by atoms with E-state index >= 15 is 0 Å². The Balaban J connectivity index is 2.50. The van der Waals surface area contributed by atoms with Crippen LogP contribution in [0, 0.1) is 6.92 Å². The molecule has 0 saturated carbocycles. The third-order valence-electron chi connectivity index (χ3n) is 3.83. The van der Waals surface area contributed by atoms with Crippen molar-refractivity contribution in [2.24, 2.45) is 0 Å².